The minimum Gasteiger partial charge on any atom is -0.380 e. The van der Waals surface area contributed by atoms with Crippen LogP contribution in [0.2, 0.25) is 0 Å². The van der Waals surface area contributed by atoms with Crippen LogP contribution in [0.5, 0.6) is 0 Å². The third-order valence-corrected chi connectivity index (χ3v) is 4.81. The van der Waals surface area contributed by atoms with Crippen molar-refractivity contribution in [2.24, 2.45) is 5.92 Å². The molecular formula is C16H29N3OS. The van der Waals surface area contributed by atoms with Crippen molar-refractivity contribution in [3.8, 4) is 0 Å². The Morgan fingerprint density at radius 1 is 1.43 bits per heavy atom. The van der Waals surface area contributed by atoms with Gasteiger partial charge in [0.25, 0.3) is 0 Å². The molecule has 21 heavy (non-hydrogen) atoms. The topological polar surface area (TPSA) is 37.4 Å². The summed E-state index contributed by atoms with van der Waals surface area (Å²) in [6.45, 7) is 11.0. The molecule has 1 heterocycles. The number of rotatable bonds is 10. The van der Waals surface area contributed by atoms with Gasteiger partial charge in [0.2, 0.25) is 0 Å². The standard InChI is InChI=1S/C16H29N3OS/c1-5-20-9-8-19(4)16-18-15(13-6-7-13)14(21-16)11-17-10-12(2)3/h12-13,17H,5-11H2,1-4H3. The second-order valence-electron chi connectivity index (χ2n) is 6.22. The predicted octanol–water partition coefficient (Wildman–Crippen LogP) is 3.24. The van der Waals surface area contributed by atoms with Crippen molar-refractivity contribution in [2.75, 3.05) is 38.3 Å². The average molecular weight is 311 g/mol. The summed E-state index contributed by atoms with van der Waals surface area (Å²) in [5.74, 6) is 1.40. The highest BCUT2D eigenvalue weighted by Crippen LogP contribution is 2.44. The third-order valence-electron chi connectivity index (χ3n) is 3.62. The number of aromatic nitrogens is 1. The Labute approximate surface area is 132 Å². The molecule has 0 spiro atoms. The first-order valence-electron chi connectivity index (χ1n) is 8.11. The number of likely N-dealkylation sites (N-methyl/N-ethyl adjacent to an activating group) is 1. The van der Waals surface area contributed by atoms with E-state index in [4.69, 9.17) is 9.72 Å². The molecule has 1 fully saturated rings. The number of nitrogens with zero attached hydrogens (tertiary/aromatic N) is 2. The summed E-state index contributed by atoms with van der Waals surface area (Å²) in [5, 5.41) is 4.69. The number of thiazole rings is 1. The van der Waals surface area contributed by atoms with Gasteiger partial charge < -0.3 is 15.0 Å². The number of hydrogen-bond acceptors (Lipinski definition) is 5. The molecule has 0 saturated heterocycles. The van der Waals surface area contributed by atoms with Crippen molar-refractivity contribution >= 4 is 16.5 Å². The first-order chi connectivity index (χ1) is 10.1. The van der Waals surface area contributed by atoms with Crippen LogP contribution in [0.4, 0.5) is 5.13 Å². The molecule has 0 aliphatic heterocycles. The van der Waals surface area contributed by atoms with Crippen molar-refractivity contribution < 1.29 is 4.74 Å². The zero-order valence-corrected chi connectivity index (χ0v) is 14.6. The quantitative estimate of drug-likeness (QED) is 0.673. The molecule has 1 aromatic heterocycles. The van der Waals surface area contributed by atoms with E-state index in [1.165, 1.54) is 23.4 Å². The average Bonchev–Trinajstić information content (AvgIpc) is 3.19. The van der Waals surface area contributed by atoms with E-state index in [9.17, 15) is 0 Å². The second-order valence-corrected chi connectivity index (χ2v) is 7.28. The molecule has 1 saturated carbocycles. The lowest BCUT2D eigenvalue weighted by molar-refractivity contribution is 0.154. The van der Waals surface area contributed by atoms with E-state index in [-0.39, 0.29) is 0 Å². The van der Waals surface area contributed by atoms with Crippen LogP contribution in [0.3, 0.4) is 0 Å². The Morgan fingerprint density at radius 3 is 2.81 bits per heavy atom. The highest BCUT2D eigenvalue weighted by molar-refractivity contribution is 7.15. The van der Waals surface area contributed by atoms with Crippen LogP contribution in [-0.4, -0.2) is 38.3 Å². The molecule has 1 aliphatic rings. The summed E-state index contributed by atoms with van der Waals surface area (Å²) in [5.41, 5.74) is 1.34. The van der Waals surface area contributed by atoms with Crippen molar-refractivity contribution in [3.05, 3.63) is 10.6 Å². The lowest BCUT2D eigenvalue weighted by Gasteiger charge is -2.15. The third kappa shape index (κ3) is 5.24. The van der Waals surface area contributed by atoms with E-state index in [2.05, 4.69) is 31.1 Å². The van der Waals surface area contributed by atoms with Crippen LogP contribution < -0.4 is 10.2 Å². The summed E-state index contributed by atoms with van der Waals surface area (Å²) in [6.07, 6.45) is 2.62. The van der Waals surface area contributed by atoms with E-state index >= 15 is 0 Å². The maximum atomic E-state index is 5.44. The molecule has 1 aliphatic carbocycles. The second kappa shape index (κ2) is 8.11. The van der Waals surface area contributed by atoms with Crippen LogP contribution in [-0.2, 0) is 11.3 Å². The van der Waals surface area contributed by atoms with E-state index in [0.717, 1.165) is 38.0 Å². The number of ether oxygens (including phenoxy) is 1. The molecular weight excluding hydrogens is 282 g/mol. The molecule has 4 nitrogen and oxygen atoms in total. The van der Waals surface area contributed by atoms with E-state index in [1.807, 2.05) is 18.3 Å². The minimum atomic E-state index is 0.690. The maximum Gasteiger partial charge on any atom is 0.185 e. The van der Waals surface area contributed by atoms with Gasteiger partial charge in [-0.1, -0.05) is 13.8 Å². The summed E-state index contributed by atoms with van der Waals surface area (Å²) < 4.78 is 5.44. The molecule has 0 unspecified atom stereocenters. The largest absolute Gasteiger partial charge is 0.380 e. The molecule has 0 radical (unpaired) electrons. The smallest absolute Gasteiger partial charge is 0.185 e. The highest BCUT2D eigenvalue weighted by atomic mass is 32.1. The molecule has 1 aromatic rings. The molecule has 120 valence electrons. The fourth-order valence-electron chi connectivity index (χ4n) is 2.23. The van der Waals surface area contributed by atoms with Crippen LogP contribution in [0, 0.1) is 5.92 Å². The van der Waals surface area contributed by atoms with Crippen LogP contribution in [0.15, 0.2) is 0 Å². The molecule has 0 amide bonds. The van der Waals surface area contributed by atoms with Crippen molar-refractivity contribution in [3.63, 3.8) is 0 Å². The van der Waals surface area contributed by atoms with Gasteiger partial charge in [0.1, 0.15) is 0 Å². The molecule has 0 atom stereocenters. The first kappa shape index (κ1) is 16.7. The Bertz CT molecular complexity index is 429. The minimum absolute atomic E-state index is 0.690. The van der Waals surface area contributed by atoms with Gasteiger partial charge in [-0.2, -0.15) is 0 Å². The van der Waals surface area contributed by atoms with E-state index < -0.39 is 0 Å². The lowest BCUT2D eigenvalue weighted by Crippen LogP contribution is -2.22. The van der Waals surface area contributed by atoms with Crippen molar-refractivity contribution in [1.29, 1.82) is 0 Å². The summed E-state index contributed by atoms with van der Waals surface area (Å²) >= 11 is 1.84. The van der Waals surface area contributed by atoms with Gasteiger partial charge >= 0.3 is 0 Å². The number of hydrogen-bond donors (Lipinski definition) is 1. The van der Waals surface area contributed by atoms with Gasteiger partial charge in [0.05, 0.1) is 12.3 Å². The maximum absolute atomic E-state index is 5.44. The summed E-state index contributed by atoms with van der Waals surface area (Å²) in [6, 6.07) is 0. The van der Waals surface area contributed by atoms with Gasteiger partial charge in [0.15, 0.2) is 5.13 Å². The molecule has 0 aromatic carbocycles. The monoisotopic (exact) mass is 311 g/mol. The van der Waals surface area contributed by atoms with Crippen molar-refractivity contribution in [1.82, 2.24) is 10.3 Å². The predicted molar refractivity (Wildman–Crippen MR) is 90.4 cm³/mol. The fraction of sp³-hybridized carbons (Fsp3) is 0.812. The van der Waals surface area contributed by atoms with Gasteiger partial charge in [0, 0.05) is 37.5 Å². The SMILES string of the molecule is CCOCCN(C)c1nc(C2CC2)c(CNCC(C)C)s1. The van der Waals surface area contributed by atoms with Gasteiger partial charge in [-0.05, 0) is 32.2 Å². The Kier molecular flexibility index (Phi) is 6.45. The Morgan fingerprint density at radius 2 is 2.19 bits per heavy atom. The Balaban J connectivity index is 1.95. The zero-order chi connectivity index (χ0) is 15.2. The van der Waals surface area contributed by atoms with Crippen molar-refractivity contribution in [2.45, 2.75) is 46.1 Å². The number of anilines is 1. The lowest BCUT2D eigenvalue weighted by atomic mass is 10.2. The molecule has 0 bridgehead atoms. The fourth-order valence-corrected chi connectivity index (χ4v) is 3.33. The first-order valence-corrected chi connectivity index (χ1v) is 8.92. The summed E-state index contributed by atoms with van der Waals surface area (Å²) in [4.78, 5) is 8.55. The normalized spacial score (nSPS) is 14.9. The van der Waals surface area contributed by atoms with Crippen LogP contribution >= 0.6 is 11.3 Å². The molecule has 1 N–H and O–H groups in total. The zero-order valence-electron chi connectivity index (χ0n) is 13.8. The van der Waals surface area contributed by atoms with Gasteiger partial charge in [-0.3, -0.25) is 0 Å². The van der Waals surface area contributed by atoms with Gasteiger partial charge in [-0.25, -0.2) is 4.98 Å². The van der Waals surface area contributed by atoms with E-state index in [0.29, 0.717) is 11.8 Å². The molecule has 2 rings (SSSR count). The number of nitrogens with one attached hydrogen (secondary N) is 1. The highest BCUT2D eigenvalue weighted by Gasteiger charge is 2.30. The molecule has 5 heteroatoms. The Hall–Kier alpha value is -0.650. The van der Waals surface area contributed by atoms with Gasteiger partial charge in [-0.15, -0.1) is 11.3 Å². The summed E-state index contributed by atoms with van der Waals surface area (Å²) in [7, 11) is 2.11. The van der Waals surface area contributed by atoms with E-state index in [1.54, 1.807) is 0 Å². The van der Waals surface area contributed by atoms with Crippen LogP contribution in [0.1, 0.15) is 50.1 Å². The van der Waals surface area contributed by atoms with Crippen LogP contribution in [0.25, 0.3) is 0 Å².